The first kappa shape index (κ1) is 17.7. The number of aromatic hydroxyl groups is 1. The molecule has 0 saturated heterocycles. The van der Waals surface area contributed by atoms with Crippen molar-refractivity contribution in [2.75, 3.05) is 19.5 Å². The monoisotopic (exact) mass is 329 g/mol. The molecule has 0 bridgehead atoms. The molecular weight excluding hydrogens is 306 g/mol. The number of anilines is 1. The Hall–Kier alpha value is -2.69. The van der Waals surface area contributed by atoms with Crippen LogP contribution in [0.5, 0.6) is 17.2 Å². The van der Waals surface area contributed by atoms with Gasteiger partial charge < -0.3 is 19.9 Å². The Kier molecular flexibility index (Phi) is 5.02. The van der Waals surface area contributed by atoms with Crippen molar-refractivity contribution in [3.63, 3.8) is 0 Å². The zero-order valence-electron chi connectivity index (χ0n) is 14.6. The van der Waals surface area contributed by atoms with Gasteiger partial charge in [0.15, 0.2) is 0 Å². The lowest BCUT2D eigenvalue weighted by Crippen LogP contribution is -2.15. The van der Waals surface area contributed by atoms with E-state index in [1.54, 1.807) is 30.3 Å². The Bertz CT molecular complexity index is 748. The maximum absolute atomic E-state index is 12.6. The SMILES string of the molecule is COc1ccc(OC)c(C(=O)Nc2cc(C(C)(C)C)ccc2O)c1. The van der Waals surface area contributed by atoms with E-state index >= 15 is 0 Å². The fraction of sp³-hybridized carbons (Fsp3) is 0.316. The lowest BCUT2D eigenvalue weighted by molar-refractivity contribution is 0.102. The molecule has 2 N–H and O–H groups in total. The van der Waals surface area contributed by atoms with Crippen LogP contribution in [-0.2, 0) is 5.41 Å². The van der Waals surface area contributed by atoms with Crippen molar-refractivity contribution in [2.24, 2.45) is 0 Å². The van der Waals surface area contributed by atoms with Crippen LogP contribution in [0.4, 0.5) is 5.69 Å². The van der Waals surface area contributed by atoms with Crippen LogP contribution < -0.4 is 14.8 Å². The number of carbonyl (C=O) groups is 1. The molecule has 0 unspecified atom stereocenters. The highest BCUT2D eigenvalue weighted by atomic mass is 16.5. The predicted molar refractivity (Wildman–Crippen MR) is 94.3 cm³/mol. The summed E-state index contributed by atoms with van der Waals surface area (Å²) in [5.74, 6) is 0.610. The largest absolute Gasteiger partial charge is 0.506 e. The number of rotatable bonds is 4. The van der Waals surface area contributed by atoms with Crippen LogP contribution in [0.3, 0.4) is 0 Å². The van der Waals surface area contributed by atoms with Gasteiger partial charge in [-0.05, 0) is 41.3 Å². The number of ether oxygens (including phenoxy) is 2. The maximum Gasteiger partial charge on any atom is 0.259 e. The van der Waals surface area contributed by atoms with Crippen molar-refractivity contribution in [3.8, 4) is 17.2 Å². The lowest BCUT2D eigenvalue weighted by atomic mass is 9.87. The number of carbonyl (C=O) groups excluding carboxylic acids is 1. The lowest BCUT2D eigenvalue weighted by Gasteiger charge is -2.20. The molecule has 0 aliphatic heterocycles. The molecule has 2 aromatic rings. The fourth-order valence-electron chi connectivity index (χ4n) is 2.28. The first-order valence-corrected chi connectivity index (χ1v) is 7.63. The molecule has 0 heterocycles. The molecule has 2 rings (SSSR count). The van der Waals surface area contributed by atoms with E-state index in [9.17, 15) is 9.90 Å². The summed E-state index contributed by atoms with van der Waals surface area (Å²) in [4.78, 5) is 12.6. The summed E-state index contributed by atoms with van der Waals surface area (Å²) in [6.45, 7) is 6.20. The molecule has 0 atom stereocenters. The smallest absolute Gasteiger partial charge is 0.259 e. The molecule has 0 spiro atoms. The Morgan fingerprint density at radius 1 is 1.04 bits per heavy atom. The molecule has 5 heteroatoms. The van der Waals surface area contributed by atoms with Crippen molar-refractivity contribution >= 4 is 11.6 Å². The summed E-state index contributed by atoms with van der Waals surface area (Å²) in [5.41, 5.74) is 1.60. The van der Waals surface area contributed by atoms with Gasteiger partial charge >= 0.3 is 0 Å². The third kappa shape index (κ3) is 3.79. The minimum atomic E-state index is -0.382. The molecule has 0 aliphatic carbocycles. The van der Waals surface area contributed by atoms with Crippen molar-refractivity contribution in [3.05, 3.63) is 47.5 Å². The molecule has 0 saturated carbocycles. The molecule has 2 aromatic carbocycles. The summed E-state index contributed by atoms with van der Waals surface area (Å²) in [5, 5.41) is 12.8. The first-order valence-electron chi connectivity index (χ1n) is 7.63. The van der Waals surface area contributed by atoms with Gasteiger partial charge in [-0.15, -0.1) is 0 Å². The van der Waals surface area contributed by atoms with Gasteiger partial charge in [-0.3, -0.25) is 4.79 Å². The van der Waals surface area contributed by atoms with Crippen LogP contribution in [-0.4, -0.2) is 25.2 Å². The number of nitrogens with one attached hydrogen (secondary N) is 1. The second-order valence-corrected chi connectivity index (χ2v) is 6.50. The van der Waals surface area contributed by atoms with Gasteiger partial charge in [-0.1, -0.05) is 26.8 Å². The topological polar surface area (TPSA) is 67.8 Å². The predicted octanol–water partition coefficient (Wildman–Crippen LogP) is 3.96. The number of hydrogen-bond acceptors (Lipinski definition) is 4. The summed E-state index contributed by atoms with van der Waals surface area (Å²) < 4.78 is 10.4. The molecule has 0 aliphatic rings. The van der Waals surface area contributed by atoms with E-state index < -0.39 is 0 Å². The minimum Gasteiger partial charge on any atom is -0.506 e. The normalized spacial score (nSPS) is 11.0. The van der Waals surface area contributed by atoms with Crippen molar-refractivity contribution in [1.82, 2.24) is 0 Å². The molecule has 0 aromatic heterocycles. The molecule has 24 heavy (non-hydrogen) atoms. The quantitative estimate of drug-likeness (QED) is 0.833. The second kappa shape index (κ2) is 6.83. The summed E-state index contributed by atoms with van der Waals surface area (Å²) in [6.07, 6.45) is 0. The van der Waals surface area contributed by atoms with Gasteiger partial charge in [-0.2, -0.15) is 0 Å². The zero-order valence-corrected chi connectivity index (χ0v) is 14.6. The van der Waals surface area contributed by atoms with Crippen LogP contribution in [0, 0.1) is 0 Å². The highest BCUT2D eigenvalue weighted by Gasteiger charge is 2.18. The van der Waals surface area contributed by atoms with E-state index in [2.05, 4.69) is 26.1 Å². The Labute approximate surface area is 142 Å². The van der Waals surface area contributed by atoms with Crippen molar-refractivity contribution in [1.29, 1.82) is 0 Å². The summed E-state index contributed by atoms with van der Waals surface area (Å²) in [6, 6.07) is 10.2. The zero-order chi connectivity index (χ0) is 17.9. The molecule has 0 radical (unpaired) electrons. The standard InChI is InChI=1S/C19H23NO4/c1-19(2,3)12-6-8-16(21)15(10-12)20-18(22)14-11-13(23-4)7-9-17(14)24-5/h6-11,21H,1-5H3,(H,20,22). The second-order valence-electron chi connectivity index (χ2n) is 6.50. The Balaban J connectivity index is 2.36. The van der Waals surface area contributed by atoms with E-state index in [0.29, 0.717) is 22.7 Å². The van der Waals surface area contributed by atoms with E-state index in [1.165, 1.54) is 14.2 Å². The van der Waals surface area contributed by atoms with Crippen molar-refractivity contribution < 1.29 is 19.4 Å². The number of hydrogen-bond donors (Lipinski definition) is 2. The number of phenolic OH excluding ortho intramolecular Hbond substituents is 1. The molecule has 5 nitrogen and oxygen atoms in total. The molecule has 0 fully saturated rings. The number of methoxy groups -OCH3 is 2. The highest BCUT2D eigenvalue weighted by molar-refractivity contribution is 6.07. The van der Waals surface area contributed by atoms with Crippen LogP contribution in [0.1, 0.15) is 36.7 Å². The van der Waals surface area contributed by atoms with Gasteiger partial charge in [0, 0.05) is 0 Å². The van der Waals surface area contributed by atoms with Gasteiger partial charge in [0.1, 0.15) is 17.2 Å². The minimum absolute atomic E-state index is 0.0122. The van der Waals surface area contributed by atoms with E-state index in [4.69, 9.17) is 9.47 Å². The summed E-state index contributed by atoms with van der Waals surface area (Å²) in [7, 11) is 3.03. The van der Waals surface area contributed by atoms with Crippen LogP contribution in [0.25, 0.3) is 0 Å². The highest BCUT2D eigenvalue weighted by Crippen LogP contribution is 2.32. The van der Waals surface area contributed by atoms with Crippen LogP contribution in [0.2, 0.25) is 0 Å². The first-order chi connectivity index (χ1) is 11.3. The van der Waals surface area contributed by atoms with E-state index in [1.807, 2.05) is 6.07 Å². The molecular formula is C19H23NO4. The van der Waals surface area contributed by atoms with Gasteiger partial charge in [0.2, 0.25) is 0 Å². The Morgan fingerprint density at radius 3 is 2.33 bits per heavy atom. The fourth-order valence-corrected chi connectivity index (χ4v) is 2.28. The molecule has 1 amide bonds. The van der Waals surface area contributed by atoms with Crippen LogP contribution >= 0.6 is 0 Å². The third-order valence-corrected chi connectivity index (χ3v) is 3.76. The van der Waals surface area contributed by atoms with Crippen molar-refractivity contribution in [2.45, 2.75) is 26.2 Å². The molecule has 128 valence electrons. The van der Waals surface area contributed by atoms with Crippen LogP contribution in [0.15, 0.2) is 36.4 Å². The van der Waals surface area contributed by atoms with E-state index in [0.717, 1.165) is 5.56 Å². The van der Waals surface area contributed by atoms with Gasteiger partial charge in [-0.25, -0.2) is 0 Å². The van der Waals surface area contributed by atoms with Gasteiger partial charge in [0.05, 0.1) is 25.5 Å². The summed E-state index contributed by atoms with van der Waals surface area (Å²) >= 11 is 0. The average Bonchev–Trinajstić information content (AvgIpc) is 2.55. The maximum atomic E-state index is 12.6. The number of benzene rings is 2. The van der Waals surface area contributed by atoms with E-state index in [-0.39, 0.29) is 17.1 Å². The van der Waals surface area contributed by atoms with Gasteiger partial charge in [0.25, 0.3) is 5.91 Å². The number of phenols is 1. The number of amides is 1. The average molecular weight is 329 g/mol. The Morgan fingerprint density at radius 2 is 1.75 bits per heavy atom. The third-order valence-electron chi connectivity index (χ3n) is 3.76.